The third-order valence-electron chi connectivity index (χ3n) is 9.40. The number of hydrogen-bond acceptors (Lipinski definition) is 8. The van der Waals surface area contributed by atoms with Gasteiger partial charge in [-0.05, 0) is 87.5 Å². The van der Waals surface area contributed by atoms with E-state index in [1.807, 2.05) is 6.20 Å². The number of hydrogen-bond donors (Lipinski definition) is 2. The Morgan fingerprint density at radius 2 is 1.57 bits per heavy atom. The Balaban J connectivity index is 1.12. The van der Waals surface area contributed by atoms with Gasteiger partial charge in [-0.2, -0.15) is 0 Å². The molecule has 0 radical (unpaired) electrons. The van der Waals surface area contributed by atoms with E-state index in [4.69, 9.17) is 15.7 Å². The number of rotatable bonds is 5. The lowest BCUT2D eigenvalue weighted by Gasteiger charge is -2.41. The third-order valence-corrected chi connectivity index (χ3v) is 9.40. The highest BCUT2D eigenvalue weighted by molar-refractivity contribution is 6.00. The largest absolute Gasteiger partial charge is 0.383 e. The number of nitrogens with two attached hydrogens (primary N) is 1. The van der Waals surface area contributed by atoms with Crippen LogP contribution in [0.5, 0.6) is 0 Å². The van der Waals surface area contributed by atoms with Crippen LogP contribution in [0.15, 0.2) is 55.1 Å². The molecule has 5 aromatic rings. The quantitative estimate of drug-likeness (QED) is 0.281. The van der Waals surface area contributed by atoms with Crippen molar-refractivity contribution in [1.82, 2.24) is 34.3 Å². The van der Waals surface area contributed by atoms with Crippen molar-refractivity contribution in [2.45, 2.75) is 51.6 Å². The Kier molecular flexibility index (Phi) is 6.99. The molecule has 1 saturated carbocycles. The Hall–Kier alpha value is -4.08. The van der Waals surface area contributed by atoms with Crippen LogP contribution in [0.1, 0.15) is 42.9 Å². The molecule has 2 aliphatic rings. The van der Waals surface area contributed by atoms with Crippen LogP contribution < -0.4 is 11.1 Å². The van der Waals surface area contributed by atoms with Crippen LogP contribution in [0.3, 0.4) is 0 Å². The van der Waals surface area contributed by atoms with Crippen molar-refractivity contribution in [3.8, 4) is 11.1 Å². The number of nitrogens with zero attached hydrogens (tertiary/aromatic N) is 7. The molecule has 3 N–H and O–H groups in total. The fourth-order valence-corrected chi connectivity index (χ4v) is 6.71. The van der Waals surface area contributed by atoms with Crippen LogP contribution in [-0.4, -0.2) is 73.6 Å². The number of nitrogens with one attached hydrogen (secondary N) is 1. The highest BCUT2D eigenvalue weighted by atomic mass is 15.3. The SMILES string of the molecule is Cc1cc2cnc(Nc3ccc(-c4cn(C5CCC(N6CCN(C)CC6)CC5)c5ncnc(N)c45)cc3)nc2cc1C. The third kappa shape index (κ3) is 5.07. The molecule has 2 fully saturated rings. The number of likely N-dealkylation sites (N-methyl/N-ethyl adjacent to an activating group) is 1. The van der Waals surface area contributed by atoms with E-state index in [0.717, 1.165) is 51.6 Å². The average molecular weight is 562 g/mol. The minimum absolute atomic E-state index is 0.415. The Labute approximate surface area is 246 Å². The molecule has 1 saturated heterocycles. The lowest BCUT2D eigenvalue weighted by Crippen LogP contribution is -2.49. The Morgan fingerprint density at radius 1 is 0.857 bits per heavy atom. The minimum Gasteiger partial charge on any atom is -0.383 e. The lowest BCUT2D eigenvalue weighted by atomic mass is 9.89. The molecule has 42 heavy (non-hydrogen) atoms. The molecule has 3 aromatic heterocycles. The summed E-state index contributed by atoms with van der Waals surface area (Å²) in [6.45, 7) is 8.93. The van der Waals surface area contributed by atoms with Crippen LogP contribution >= 0.6 is 0 Å². The first-order valence-electron chi connectivity index (χ1n) is 15.1. The maximum atomic E-state index is 6.46. The van der Waals surface area contributed by atoms with Crippen molar-refractivity contribution in [3.63, 3.8) is 0 Å². The van der Waals surface area contributed by atoms with E-state index in [0.29, 0.717) is 23.8 Å². The minimum atomic E-state index is 0.415. The molecule has 0 amide bonds. The van der Waals surface area contributed by atoms with Gasteiger partial charge in [0.25, 0.3) is 0 Å². The molecule has 0 atom stereocenters. The second kappa shape index (κ2) is 11.0. The summed E-state index contributed by atoms with van der Waals surface area (Å²) < 4.78 is 2.36. The Bertz CT molecular complexity index is 1730. The molecule has 0 unspecified atom stereocenters. The van der Waals surface area contributed by atoms with Crippen LogP contribution in [0, 0.1) is 13.8 Å². The van der Waals surface area contributed by atoms with Crippen LogP contribution in [0.4, 0.5) is 17.5 Å². The zero-order valence-corrected chi connectivity index (χ0v) is 24.7. The van der Waals surface area contributed by atoms with Crippen molar-refractivity contribution < 1.29 is 0 Å². The van der Waals surface area contributed by atoms with Gasteiger partial charge in [0.05, 0.1) is 10.9 Å². The zero-order chi connectivity index (χ0) is 28.8. The first kappa shape index (κ1) is 26.8. The number of anilines is 3. The van der Waals surface area contributed by atoms with Crippen molar-refractivity contribution in [3.05, 3.63) is 66.2 Å². The van der Waals surface area contributed by atoms with E-state index >= 15 is 0 Å². The van der Waals surface area contributed by atoms with E-state index < -0.39 is 0 Å². The molecular weight excluding hydrogens is 522 g/mol. The van der Waals surface area contributed by atoms with Crippen LogP contribution in [0.2, 0.25) is 0 Å². The monoisotopic (exact) mass is 561 g/mol. The Morgan fingerprint density at radius 3 is 2.33 bits per heavy atom. The molecule has 1 aliphatic heterocycles. The van der Waals surface area contributed by atoms with Crippen LogP contribution in [-0.2, 0) is 0 Å². The van der Waals surface area contributed by atoms with E-state index in [1.54, 1.807) is 6.33 Å². The molecule has 216 valence electrons. The number of piperazine rings is 1. The van der Waals surface area contributed by atoms with Gasteiger partial charge in [-0.1, -0.05) is 12.1 Å². The van der Waals surface area contributed by atoms with Gasteiger partial charge < -0.3 is 20.5 Å². The molecule has 0 spiro atoms. The van der Waals surface area contributed by atoms with Gasteiger partial charge in [0.2, 0.25) is 5.95 Å². The van der Waals surface area contributed by atoms with Gasteiger partial charge in [-0.3, -0.25) is 4.90 Å². The van der Waals surface area contributed by atoms with E-state index in [1.165, 1.54) is 50.1 Å². The van der Waals surface area contributed by atoms with E-state index in [2.05, 4.69) is 93.1 Å². The second-order valence-electron chi connectivity index (χ2n) is 12.1. The van der Waals surface area contributed by atoms with Gasteiger partial charge in [-0.25, -0.2) is 19.9 Å². The predicted molar refractivity (Wildman–Crippen MR) is 170 cm³/mol. The van der Waals surface area contributed by atoms with E-state index in [9.17, 15) is 0 Å². The number of benzene rings is 2. The summed E-state index contributed by atoms with van der Waals surface area (Å²) in [5.74, 6) is 1.11. The summed E-state index contributed by atoms with van der Waals surface area (Å²) in [5, 5.41) is 5.34. The van der Waals surface area contributed by atoms with Crippen molar-refractivity contribution in [1.29, 1.82) is 0 Å². The zero-order valence-electron chi connectivity index (χ0n) is 24.7. The highest BCUT2D eigenvalue weighted by Crippen LogP contribution is 2.39. The standard InChI is InChI=1S/C33H39N9/c1-21-16-24-18-35-33(39-29(24)17-22(21)2)38-25-6-4-23(5-7-25)28-19-42(32-30(28)31(34)36-20-37-32)27-10-8-26(9-11-27)41-14-12-40(3)13-15-41/h4-7,16-20,26-27H,8-15H2,1-3H3,(H2,34,36,37)(H,35,38,39). The number of fused-ring (bicyclic) bond motifs is 2. The topological polar surface area (TPSA) is 101 Å². The number of aromatic nitrogens is 5. The average Bonchev–Trinajstić information content (AvgIpc) is 3.40. The lowest BCUT2D eigenvalue weighted by molar-refractivity contribution is 0.0828. The maximum absolute atomic E-state index is 6.46. The van der Waals surface area contributed by atoms with Crippen molar-refractivity contribution in [2.75, 3.05) is 44.3 Å². The van der Waals surface area contributed by atoms with E-state index in [-0.39, 0.29) is 0 Å². The molecular formula is C33H39N9. The highest BCUT2D eigenvalue weighted by Gasteiger charge is 2.30. The normalized spacial score (nSPS) is 20.4. The van der Waals surface area contributed by atoms with Crippen molar-refractivity contribution in [2.24, 2.45) is 0 Å². The smallest absolute Gasteiger partial charge is 0.227 e. The maximum Gasteiger partial charge on any atom is 0.227 e. The number of nitrogen functional groups attached to an aromatic ring is 1. The molecule has 4 heterocycles. The summed E-state index contributed by atoms with van der Waals surface area (Å²) in [5.41, 5.74) is 13.9. The molecule has 2 aromatic carbocycles. The van der Waals surface area contributed by atoms with Gasteiger partial charge in [0.1, 0.15) is 17.8 Å². The number of aryl methyl sites for hydroxylation is 2. The summed E-state index contributed by atoms with van der Waals surface area (Å²) in [4.78, 5) is 23.5. The fourth-order valence-electron chi connectivity index (χ4n) is 6.71. The predicted octanol–water partition coefficient (Wildman–Crippen LogP) is 5.72. The molecule has 9 heteroatoms. The fraction of sp³-hybridized carbons (Fsp3) is 0.394. The first-order chi connectivity index (χ1) is 20.4. The van der Waals surface area contributed by atoms with Gasteiger partial charge in [-0.15, -0.1) is 0 Å². The molecule has 9 nitrogen and oxygen atoms in total. The van der Waals surface area contributed by atoms with Gasteiger partial charge >= 0.3 is 0 Å². The molecule has 1 aliphatic carbocycles. The van der Waals surface area contributed by atoms with Crippen LogP contribution in [0.25, 0.3) is 33.1 Å². The van der Waals surface area contributed by atoms with Gasteiger partial charge in [0.15, 0.2) is 0 Å². The summed E-state index contributed by atoms with van der Waals surface area (Å²) in [6, 6.07) is 13.7. The second-order valence-corrected chi connectivity index (χ2v) is 12.1. The summed E-state index contributed by atoms with van der Waals surface area (Å²) in [6.07, 6.45) is 10.5. The molecule has 0 bridgehead atoms. The summed E-state index contributed by atoms with van der Waals surface area (Å²) in [7, 11) is 2.22. The first-order valence-corrected chi connectivity index (χ1v) is 15.1. The van der Waals surface area contributed by atoms with Gasteiger partial charge in [0, 0.05) is 67.3 Å². The molecule has 7 rings (SSSR count). The van der Waals surface area contributed by atoms with Crippen molar-refractivity contribution >= 4 is 39.4 Å². The summed E-state index contributed by atoms with van der Waals surface area (Å²) >= 11 is 0.